The van der Waals surface area contributed by atoms with Crippen molar-refractivity contribution < 1.29 is 9.53 Å². The standard InChI is InChI=1S/C18H22N6O2/c1-23(2)17-15(19-5-6-20-17)14-11-24(7-8-26-14)18(25)13-9-21-16(22-10-13)12-3-4-12/h5-6,9-10,12,14H,3-4,7-8,11H2,1-2H3. The number of carbonyl (C=O) groups excluding carboxylic acids is 1. The van der Waals surface area contributed by atoms with Gasteiger partial charge in [0, 0.05) is 51.3 Å². The second-order valence-electron chi connectivity index (χ2n) is 6.87. The van der Waals surface area contributed by atoms with Crippen LogP contribution >= 0.6 is 0 Å². The lowest BCUT2D eigenvalue weighted by molar-refractivity contribution is -0.0246. The Bertz CT molecular complexity index is 791. The van der Waals surface area contributed by atoms with Crippen LogP contribution in [0.4, 0.5) is 5.82 Å². The number of aromatic nitrogens is 4. The number of hydrogen-bond acceptors (Lipinski definition) is 7. The van der Waals surface area contributed by atoms with E-state index in [4.69, 9.17) is 4.74 Å². The predicted molar refractivity (Wildman–Crippen MR) is 95.0 cm³/mol. The normalized spacial score (nSPS) is 20.1. The molecule has 3 heterocycles. The van der Waals surface area contributed by atoms with Gasteiger partial charge in [0.25, 0.3) is 5.91 Å². The number of morpholine rings is 1. The molecule has 2 fully saturated rings. The van der Waals surface area contributed by atoms with Gasteiger partial charge in [0.1, 0.15) is 17.6 Å². The molecule has 0 radical (unpaired) electrons. The molecule has 1 aliphatic heterocycles. The maximum atomic E-state index is 12.8. The monoisotopic (exact) mass is 354 g/mol. The van der Waals surface area contributed by atoms with E-state index < -0.39 is 0 Å². The van der Waals surface area contributed by atoms with Gasteiger partial charge in [-0.25, -0.2) is 15.0 Å². The van der Waals surface area contributed by atoms with Crippen molar-refractivity contribution in [3.8, 4) is 0 Å². The summed E-state index contributed by atoms with van der Waals surface area (Å²) in [6.07, 6.45) is 8.57. The van der Waals surface area contributed by atoms with Crippen molar-refractivity contribution in [2.75, 3.05) is 38.7 Å². The lowest BCUT2D eigenvalue weighted by Gasteiger charge is -2.33. The van der Waals surface area contributed by atoms with Crippen molar-refractivity contribution in [3.05, 3.63) is 41.9 Å². The largest absolute Gasteiger partial charge is 0.368 e. The van der Waals surface area contributed by atoms with E-state index in [0.29, 0.717) is 31.2 Å². The van der Waals surface area contributed by atoms with Crippen LogP contribution in [0, 0.1) is 0 Å². The van der Waals surface area contributed by atoms with Gasteiger partial charge in [-0.2, -0.15) is 0 Å². The molecule has 8 nitrogen and oxygen atoms in total. The zero-order valence-electron chi connectivity index (χ0n) is 15.0. The van der Waals surface area contributed by atoms with E-state index in [9.17, 15) is 4.79 Å². The maximum absolute atomic E-state index is 12.8. The lowest BCUT2D eigenvalue weighted by atomic mass is 10.1. The van der Waals surface area contributed by atoms with Gasteiger partial charge < -0.3 is 14.5 Å². The van der Waals surface area contributed by atoms with Crippen molar-refractivity contribution in [2.24, 2.45) is 0 Å². The summed E-state index contributed by atoms with van der Waals surface area (Å²) in [5.41, 5.74) is 1.26. The van der Waals surface area contributed by atoms with Crippen LogP contribution in [0.5, 0.6) is 0 Å². The Morgan fingerprint density at radius 2 is 1.88 bits per heavy atom. The Hall–Kier alpha value is -2.61. The van der Waals surface area contributed by atoms with E-state index in [1.54, 1.807) is 29.7 Å². The molecular formula is C18H22N6O2. The van der Waals surface area contributed by atoms with Crippen LogP contribution in [-0.2, 0) is 4.74 Å². The molecule has 1 amide bonds. The Labute approximate surface area is 152 Å². The van der Waals surface area contributed by atoms with Crippen LogP contribution in [0.2, 0.25) is 0 Å². The van der Waals surface area contributed by atoms with Crippen LogP contribution in [0.15, 0.2) is 24.8 Å². The molecule has 26 heavy (non-hydrogen) atoms. The van der Waals surface area contributed by atoms with Crippen molar-refractivity contribution in [1.29, 1.82) is 0 Å². The first-order chi connectivity index (χ1) is 12.6. The fourth-order valence-corrected chi connectivity index (χ4v) is 3.10. The summed E-state index contributed by atoms with van der Waals surface area (Å²) < 4.78 is 5.88. The Kier molecular flexibility index (Phi) is 4.50. The lowest BCUT2D eigenvalue weighted by Crippen LogP contribution is -2.43. The van der Waals surface area contributed by atoms with Crippen molar-refractivity contribution in [1.82, 2.24) is 24.8 Å². The summed E-state index contributed by atoms with van der Waals surface area (Å²) in [6.45, 7) is 1.43. The Morgan fingerprint density at radius 3 is 2.58 bits per heavy atom. The number of amides is 1. The number of carbonyl (C=O) groups is 1. The van der Waals surface area contributed by atoms with Crippen molar-refractivity contribution >= 4 is 11.7 Å². The van der Waals surface area contributed by atoms with E-state index in [1.807, 2.05) is 19.0 Å². The second kappa shape index (κ2) is 6.95. The van der Waals surface area contributed by atoms with Crippen LogP contribution in [0.1, 0.15) is 46.7 Å². The summed E-state index contributed by atoms with van der Waals surface area (Å²) in [5.74, 6) is 2.00. The van der Waals surface area contributed by atoms with E-state index in [0.717, 1.165) is 30.2 Å². The average molecular weight is 354 g/mol. The molecule has 0 N–H and O–H groups in total. The molecule has 0 bridgehead atoms. The van der Waals surface area contributed by atoms with E-state index in [1.165, 1.54) is 0 Å². The van der Waals surface area contributed by atoms with Crippen LogP contribution < -0.4 is 4.90 Å². The molecule has 4 rings (SSSR count). The number of hydrogen-bond donors (Lipinski definition) is 0. The van der Waals surface area contributed by atoms with Gasteiger partial charge in [-0.15, -0.1) is 0 Å². The summed E-state index contributed by atoms with van der Waals surface area (Å²) in [6, 6.07) is 0. The third kappa shape index (κ3) is 3.37. The maximum Gasteiger partial charge on any atom is 0.257 e. The molecule has 0 spiro atoms. The summed E-state index contributed by atoms with van der Waals surface area (Å²) in [4.78, 5) is 34.0. The van der Waals surface area contributed by atoms with Gasteiger partial charge in [-0.3, -0.25) is 9.78 Å². The van der Waals surface area contributed by atoms with Crippen molar-refractivity contribution in [3.63, 3.8) is 0 Å². The summed E-state index contributed by atoms with van der Waals surface area (Å²) >= 11 is 0. The topological polar surface area (TPSA) is 84.3 Å². The highest BCUT2D eigenvalue weighted by molar-refractivity contribution is 5.93. The van der Waals surface area contributed by atoms with Gasteiger partial charge in [-0.1, -0.05) is 0 Å². The minimum Gasteiger partial charge on any atom is -0.368 e. The van der Waals surface area contributed by atoms with Crippen molar-refractivity contribution in [2.45, 2.75) is 24.9 Å². The summed E-state index contributed by atoms with van der Waals surface area (Å²) in [5, 5.41) is 0. The fourth-order valence-electron chi connectivity index (χ4n) is 3.10. The number of anilines is 1. The Balaban J connectivity index is 1.50. The molecule has 136 valence electrons. The fraction of sp³-hybridized carbons (Fsp3) is 0.500. The first kappa shape index (κ1) is 16.8. The van der Waals surface area contributed by atoms with Gasteiger partial charge in [-0.05, 0) is 12.8 Å². The summed E-state index contributed by atoms with van der Waals surface area (Å²) in [7, 11) is 3.83. The first-order valence-corrected chi connectivity index (χ1v) is 8.84. The predicted octanol–water partition coefficient (Wildman–Crippen LogP) is 1.42. The van der Waals surface area contributed by atoms with Crippen LogP contribution in [0.3, 0.4) is 0 Å². The van der Waals surface area contributed by atoms with Crippen LogP contribution in [-0.4, -0.2) is 64.5 Å². The molecule has 2 aromatic heterocycles. The van der Waals surface area contributed by atoms with E-state index in [-0.39, 0.29) is 12.0 Å². The number of rotatable bonds is 4. The zero-order chi connectivity index (χ0) is 18.1. The average Bonchev–Trinajstić information content (AvgIpc) is 3.53. The first-order valence-electron chi connectivity index (χ1n) is 8.84. The molecule has 1 atom stereocenters. The molecule has 2 aliphatic rings. The highest BCUT2D eigenvalue weighted by Gasteiger charge is 2.30. The minimum absolute atomic E-state index is 0.0732. The van der Waals surface area contributed by atoms with Gasteiger partial charge in [0.05, 0.1) is 18.7 Å². The molecular weight excluding hydrogens is 332 g/mol. The third-order valence-electron chi connectivity index (χ3n) is 4.65. The molecule has 1 unspecified atom stereocenters. The SMILES string of the molecule is CN(C)c1nccnc1C1CN(C(=O)c2cnc(C3CC3)nc2)CCO1. The highest BCUT2D eigenvalue weighted by Crippen LogP contribution is 2.37. The second-order valence-corrected chi connectivity index (χ2v) is 6.87. The molecule has 1 saturated carbocycles. The Morgan fingerprint density at radius 1 is 1.15 bits per heavy atom. The minimum atomic E-state index is -0.301. The van der Waals surface area contributed by atoms with E-state index in [2.05, 4.69) is 19.9 Å². The van der Waals surface area contributed by atoms with E-state index >= 15 is 0 Å². The van der Waals surface area contributed by atoms with Gasteiger partial charge in [0.2, 0.25) is 0 Å². The van der Waals surface area contributed by atoms with Gasteiger partial charge in [0.15, 0.2) is 5.82 Å². The van der Waals surface area contributed by atoms with Crippen LogP contribution in [0.25, 0.3) is 0 Å². The highest BCUT2D eigenvalue weighted by atomic mass is 16.5. The molecule has 2 aromatic rings. The molecule has 0 aromatic carbocycles. The number of nitrogens with zero attached hydrogens (tertiary/aromatic N) is 6. The zero-order valence-corrected chi connectivity index (χ0v) is 15.0. The quantitative estimate of drug-likeness (QED) is 0.821. The smallest absolute Gasteiger partial charge is 0.257 e. The van der Waals surface area contributed by atoms with Gasteiger partial charge >= 0.3 is 0 Å². The third-order valence-corrected chi connectivity index (χ3v) is 4.65. The molecule has 1 aliphatic carbocycles. The number of ether oxygens (including phenoxy) is 1. The molecule has 1 saturated heterocycles. The molecule has 8 heteroatoms.